The third kappa shape index (κ3) is 2.30. The normalized spacial score (nSPS) is 32.2. The van der Waals surface area contributed by atoms with Crippen LogP contribution in [0.1, 0.15) is 37.7 Å². The summed E-state index contributed by atoms with van der Waals surface area (Å²) in [5.74, 6) is 0. The molecule has 2 atom stereocenters. The summed E-state index contributed by atoms with van der Waals surface area (Å²) in [5.41, 5.74) is 2.00. The number of piperidine rings is 1. The minimum absolute atomic E-state index is 0. The number of rotatable bonds is 2. The van der Waals surface area contributed by atoms with Crippen LogP contribution >= 0.6 is 17.0 Å². The van der Waals surface area contributed by atoms with Gasteiger partial charge in [-0.2, -0.15) is 0 Å². The van der Waals surface area contributed by atoms with Crippen LogP contribution in [0.5, 0.6) is 0 Å². The Morgan fingerprint density at radius 2 is 1.94 bits per heavy atom. The van der Waals surface area contributed by atoms with Crippen molar-refractivity contribution >= 4 is 17.0 Å². The lowest BCUT2D eigenvalue weighted by Crippen LogP contribution is -2.49. The minimum Gasteiger partial charge on any atom is -0.297 e. The molecule has 17 heavy (non-hydrogen) atoms. The van der Waals surface area contributed by atoms with Gasteiger partial charge in [0.1, 0.15) is 0 Å². The van der Waals surface area contributed by atoms with Gasteiger partial charge in [0.2, 0.25) is 0 Å². The molecule has 2 fully saturated rings. The van der Waals surface area contributed by atoms with Gasteiger partial charge in [-0.3, -0.25) is 4.90 Å². The molecular formula is C15H22BrN. The highest BCUT2D eigenvalue weighted by molar-refractivity contribution is 8.93. The molecule has 0 saturated carbocycles. The first-order valence-electron chi connectivity index (χ1n) is 6.57. The molecule has 0 spiro atoms. The average molecular weight is 296 g/mol. The van der Waals surface area contributed by atoms with Crippen molar-refractivity contribution in [2.24, 2.45) is 0 Å². The molecule has 0 amide bonds. The molecule has 0 radical (unpaired) electrons. The van der Waals surface area contributed by atoms with Crippen LogP contribution < -0.4 is 0 Å². The maximum atomic E-state index is 2.68. The van der Waals surface area contributed by atoms with Crippen molar-refractivity contribution in [3.63, 3.8) is 0 Å². The predicted molar refractivity (Wildman–Crippen MR) is 77.8 cm³/mol. The van der Waals surface area contributed by atoms with Crippen LogP contribution in [0, 0.1) is 0 Å². The smallest absolute Gasteiger partial charge is 0.0250 e. The van der Waals surface area contributed by atoms with E-state index in [1.807, 2.05) is 0 Å². The Kier molecular flexibility index (Phi) is 3.94. The van der Waals surface area contributed by atoms with Crippen molar-refractivity contribution in [1.82, 2.24) is 4.90 Å². The summed E-state index contributed by atoms with van der Waals surface area (Å²) in [7, 11) is 2.35. The summed E-state index contributed by atoms with van der Waals surface area (Å²) in [6.07, 6.45) is 8.33. The summed E-state index contributed by atoms with van der Waals surface area (Å²) in [4.78, 5) is 2.68. The standard InChI is InChI=1S/C15H21N.BrH/c1-16-14-8-5-10-15(16,11-9-14)12-13-6-3-2-4-7-13;/h2-4,6-7,14H,5,8-12H2,1H3;1H/t14-,15+;/m1./s1. The molecule has 2 saturated heterocycles. The van der Waals surface area contributed by atoms with E-state index in [0.29, 0.717) is 5.54 Å². The molecule has 94 valence electrons. The molecule has 2 aliphatic rings. The van der Waals surface area contributed by atoms with Gasteiger partial charge in [0, 0.05) is 11.6 Å². The lowest BCUT2D eigenvalue weighted by molar-refractivity contribution is 0.0823. The summed E-state index contributed by atoms with van der Waals surface area (Å²) < 4.78 is 0. The summed E-state index contributed by atoms with van der Waals surface area (Å²) in [6.45, 7) is 0. The first kappa shape index (κ1) is 13.1. The monoisotopic (exact) mass is 295 g/mol. The second kappa shape index (κ2) is 5.11. The predicted octanol–water partition coefficient (Wildman–Crippen LogP) is 3.82. The maximum absolute atomic E-state index is 2.68. The molecule has 2 aliphatic heterocycles. The first-order valence-corrected chi connectivity index (χ1v) is 6.57. The lowest BCUT2D eigenvalue weighted by Gasteiger charge is -2.43. The summed E-state index contributed by atoms with van der Waals surface area (Å²) in [5, 5.41) is 0. The van der Waals surface area contributed by atoms with Gasteiger partial charge < -0.3 is 0 Å². The van der Waals surface area contributed by atoms with Crippen LogP contribution in [-0.2, 0) is 6.42 Å². The lowest BCUT2D eigenvalue weighted by atomic mass is 9.83. The van der Waals surface area contributed by atoms with Gasteiger partial charge in [-0.05, 0) is 44.7 Å². The molecule has 1 nitrogen and oxygen atoms in total. The van der Waals surface area contributed by atoms with Gasteiger partial charge >= 0.3 is 0 Å². The zero-order valence-corrected chi connectivity index (χ0v) is 12.3. The Balaban J connectivity index is 0.00000108. The SMILES string of the molecule is Br.CN1[C@@H]2CCC[C@@]1(Cc1ccccc1)CC2. The van der Waals surface area contributed by atoms with E-state index in [1.165, 1.54) is 44.1 Å². The fraction of sp³-hybridized carbons (Fsp3) is 0.600. The summed E-state index contributed by atoms with van der Waals surface area (Å²) in [6, 6.07) is 11.9. The zero-order chi connectivity index (χ0) is 11.0. The summed E-state index contributed by atoms with van der Waals surface area (Å²) >= 11 is 0. The Morgan fingerprint density at radius 1 is 1.18 bits per heavy atom. The second-order valence-electron chi connectivity index (χ2n) is 5.58. The van der Waals surface area contributed by atoms with Crippen molar-refractivity contribution in [3.8, 4) is 0 Å². The van der Waals surface area contributed by atoms with Crippen molar-refractivity contribution in [2.45, 2.75) is 50.1 Å². The van der Waals surface area contributed by atoms with E-state index >= 15 is 0 Å². The Bertz CT molecular complexity index is 360. The van der Waals surface area contributed by atoms with E-state index in [4.69, 9.17) is 0 Å². The molecular weight excluding hydrogens is 274 g/mol. The highest BCUT2D eigenvalue weighted by atomic mass is 79.9. The van der Waals surface area contributed by atoms with Crippen LogP contribution in [0.15, 0.2) is 30.3 Å². The van der Waals surface area contributed by atoms with Crippen molar-refractivity contribution in [3.05, 3.63) is 35.9 Å². The van der Waals surface area contributed by atoms with E-state index < -0.39 is 0 Å². The van der Waals surface area contributed by atoms with Gasteiger partial charge in [-0.15, -0.1) is 17.0 Å². The molecule has 0 N–H and O–H groups in total. The average Bonchev–Trinajstić information content (AvgIpc) is 2.52. The van der Waals surface area contributed by atoms with E-state index in [1.54, 1.807) is 0 Å². The van der Waals surface area contributed by atoms with Crippen molar-refractivity contribution < 1.29 is 0 Å². The van der Waals surface area contributed by atoms with Gasteiger partial charge in [0.25, 0.3) is 0 Å². The number of hydrogen-bond donors (Lipinski definition) is 0. The molecule has 3 rings (SSSR count). The van der Waals surface area contributed by atoms with Crippen LogP contribution in [0.25, 0.3) is 0 Å². The Morgan fingerprint density at radius 3 is 2.71 bits per heavy atom. The quantitative estimate of drug-likeness (QED) is 0.802. The second-order valence-corrected chi connectivity index (χ2v) is 5.58. The molecule has 1 aromatic carbocycles. The number of likely N-dealkylation sites (N-methyl/N-ethyl adjacent to an activating group) is 1. The van der Waals surface area contributed by atoms with Gasteiger partial charge in [-0.25, -0.2) is 0 Å². The maximum Gasteiger partial charge on any atom is 0.0250 e. The zero-order valence-electron chi connectivity index (χ0n) is 10.6. The fourth-order valence-electron chi connectivity index (χ4n) is 3.78. The van der Waals surface area contributed by atoms with Crippen molar-refractivity contribution in [1.29, 1.82) is 0 Å². The minimum atomic E-state index is 0. The van der Waals surface area contributed by atoms with E-state index in [-0.39, 0.29) is 17.0 Å². The molecule has 1 aromatic rings. The topological polar surface area (TPSA) is 3.24 Å². The van der Waals surface area contributed by atoms with Crippen molar-refractivity contribution in [2.75, 3.05) is 7.05 Å². The van der Waals surface area contributed by atoms with E-state index in [9.17, 15) is 0 Å². The highest BCUT2D eigenvalue weighted by Crippen LogP contribution is 2.44. The molecule has 0 aliphatic carbocycles. The van der Waals surface area contributed by atoms with Gasteiger partial charge in [0.05, 0.1) is 0 Å². The van der Waals surface area contributed by atoms with Crippen LogP contribution in [0.4, 0.5) is 0 Å². The fourth-order valence-corrected chi connectivity index (χ4v) is 3.78. The van der Waals surface area contributed by atoms with Crippen LogP contribution in [0.3, 0.4) is 0 Å². The highest BCUT2D eigenvalue weighted by Gasteiger charge is 2.46. The molecule has 2 heterocycles. The third-order valence-electron chi connectivity index (χ3n) is 4.79. The number of benzene rings is 1. The Labute approximate surface area is 115 Å². The largest absolute Gasteiger partial charge is 0.297 e. The van der Waals surface area contributed by atoms with Gasteiger partial charge in [0.15, 0.2) is 0 Å². The van der Waals surface area contributed by atoms with Gasteiger partial charge in [-0.1, -0.05) is 36.8 Å². The van der Waals surface area contributed by atoms with Crippen LogP contribution in [0.2, 0.25) is 0 Å². The van der Waals surface area contributed by atoms with Crippen LogP contribution in [-0.4, -0.2) is 23.5 Å². The number of nitrogens with zero attached hydrogens (tertiary/aromatic N) is 1. The van der Waals surface area contributed by atoms with E-state index in [2.05, 4.69) is 42.3 Å². The van der Waals surface area contributed by atoms with E-state index in [0.717, 1.165) is 6.04 Å². The first-order chi connectivity index (χ1) is 7.80. The number of hydrogen-bond acceptors (Lipinski definition) is 1. The molecule has 2 heteroatoms. The third-order valence-corrected chi connectivity index (χ3v) is 4.79. The number of halogens is 1. The Hall–Kier alpha value is -0.340. The molecule has 0 aromatic heterocycles. The molecule has 0 unspecified atom stereocenters. The molecule has 2 bridgehead atoms. The number of fused-ring (bicyclic) bond motifs is 2.